The fraction of sp³-hybridized carbons (Fsp3) is 0.688. The predicted molar refractivity (Wildman–Crippen MR) is 105 cm³/mol. The molecule has 9 N–H and O–H groups in total. The van der Waals surface area contributed by atoms with E-state index in [0.717, 1.165) is 6.92 Å². The first kappa shape index (κ1) is 27.6. The third kappa shape index (κ3) is 9.87. The Morgan fingerprint density at radius 1 is 0.967 bits per heavy atom. The third-order valence-corrected chi connectivity index (χ3v) is 4.48. The quantitative estimate of drug-likeness (QED) is 0.129. The van der Waals surface area contributed by atoms with Crippen molar-refractivity contribution in [2.24, 2.45) is 5.73 Å². The van der Waals surface area contributed by atoms with Gasteiger partial charge in [-0.3, -0.25) is 19.2 Å². The number of aliphatic carboxylic acids is 2. The van der Waals surface area contributed by atoms with Gasteiger partial charge in [0.25, 0.3) is 0 Å². The molecule has 14 heteroatoms. The summed E-state index contributed by atoms with van der Waals surface area (Å²) in [4.78, 5) is 59.0. The maximum absolute atomic E-state index is 12.6. The van der Waals surface area contributed by atoms with Crippen molar-refractivity contribution in [1.29, 1.82) is 0 Å². The fourth-order valence-electron chi connectivity index (χ4n) is 2.16. The second-order valence-corrected chi connectivity index (χ2v) is 7.34. The number of rotatable bonds is 14. The van der Waals surface area contributed by atoms with Gasteiger partial charge in [0, 0.05) is 0 Å². The van der Waals surface area contributed by atoms with Gasteiger partial charge in [-0.1, -0.05) is 0 Å². The molecule has 0 aliphatic rings. The minimum atomic E-state index is -1.72. The van der Waals surface area contributed by atoms with E-state index in [-0.39, 0.29) is 6.42 Å². The number of carbonyl (C=O) groups is 5. The molecule has 0 saturated heterocycles. The fourth-order valence-corrected chi connectivity index (χ4v) is 2.64. The van der Waals surface area contributed by atoms with Gasteiger partial charge in [0.1, 0.15) is 18.1 Å². The van der Waals surface area contributed by atoms with Gasteiger partial charge in [-0.2, -0.15) is 11.8 Å². The van der Waals surface area contributed by atoms with Crippen LogP contribution in [0.2, 0.25) is 0 Å². The maximum Gasteiger partial charge on any atom is 0.328 e. The molecule has 0 aliphatic carbocycles. The van der Waals surface area contributed by atoms with E-state index in [2.05, 4.69) is 10.6 Å². The Hall–Kier alpha value is -2.42. The maximum atomic E-state index is 12.6. The normalized spacial score (nSPS) is 15.8. The highest BCUT2D eigenvalue weighted by molar-refractivity contribution is 7.98. The minimum absolute atomic E-state index is 0.115. The van der Waals surface area contributed by atoms with Crippen LogP contribution in [-0.2, 0) is 24.0 Å². The van der Waals surface area contributed by atoms with Crippen molar-refractivity contribution in [3.8, 4) is 0 Å². The predicted octanol–water partition coefficient (Wildman–Crippen LogP) is -3.55. The molecule has 13 nitrogen and oxygen atoms in total. The zero-order valence-corrected chi connectivity index (χ0v) is 17.3. The van der Waals surface area contributed by atoms with Gasteiger partial charge in [-0.15, -0.1) is 0 Å². The molecule has 0 aromatic carbocycles. The van der Waals surface area contributed by atoms with Crippen molar-refractivity contribution in [1.82, 2.24) is 16.0 Å². The Labute approximate surface area is 176 Å². The first-order valence-corrected chi connectivity index (χ1v) is 10.2. The Morgan fingerprint density at radius 2 is 1.50 bits per heavy atom. The molecule has 5 atom stereocenters. The second kappa shape index (κ2) is 13.7. The van der Waals surface area contributed by atoms with E-state index in [1.165, 1.54) is 11.8 Å². The molecule has 0 aromatic rings. The van der Waals surface area contributed by atoms with Crippen LogP contribution in [0.5, 0.6) is 0 Å². The number of nitrogens with one attached hydrogen (secondary N) is 3. The highest BCUT2D eigenvalue weighted by Crippen LogP contribution is 2.04. The highest BCUT2D eigenvalue weighted by atomic mass is 32.2. The lowest BCUT2D eigenvalue weighted by Crippen LogP contribution is -2.59. The number of thioether (sulfide) groups is 1. The number of hydrogen-bond acceptors (Lipinski definition) is 9. The summed E-state index contributed by atoms with van der Waals surface area (Å²) in [5.41, 5.74) is 5.40. The van der Waals surface area contributed by atoms with Crippen LogP contribution in [-0.4, -0.2) is 99.0 Å². The van der Waals surface area contributed by atoms with Crippen molar-refractivity contribution in [3.63, 3.8) is 0 Å². The molecule has 0 heterocycles. The van der Waals surface area contributed by atoms with E-state index in [4.69, 9.17) is 21.1 Å². The molecular weight excluding hydrogens is 424 g/mol. The van der Waals surface area contributed by atoms with E-state index < -0.39 is 73.0 Å². The molecule has 0 spiro atoms. The highest BCUT2D eigenvalue weighted by Gasteiger charge is 2.32. The molecule has 0 fully saturated rings. The Bertz CT molecular complexity index is 632. The van der Waals surface area contributed by atoms with Crippen molar-refractivity contribution in [3.05, 3.63) is 0 Å². The summed E-state index contributed by atoms with van der Waals surface area (Å²) in [5, 5.41) is 42.9. The SMILES string of the molecule is CSCCC(NC(=O)C(N)CO)C(=O)NC(CC(=O)O)C(=O)NC(C(=O)O)C(C)O. The van der Waals surface area contributed by atoms with Crippen LogP contribution in [0.1, 0.15) is 19.8 Å². The van der Waals surface area contributed by atoms with Gasteiger partial charge >= 0.3 is 11.9 Å². The van der Waals surface area contributed by atoms with Crippen molar-refractivity contribution < 1.29 is 44.4 Å². The van der Waals surface area contributed by atoms with Crippen LogP contribution in [0.4, 0.5) is 0 Å². The second-order valence-electron chi connectivity index (χ2n) is 6.36. The van der Waals surface area contributed by atoms with E-state index in [1.807, 2.05) is 5.32 Å². The van der Waals surface area contributed by atoms with Crippen LogP contribution in [0, 0.1) is 0 Å². The summed E-state index contributed by atoms with van der Waals surface area (Å²) >= 11 is 1.36. The number of amides is 3. The monoisotopic (exact) mass is 452 g/mol. The molecule has 0 radical (unpaired) electrons. The van der Waals surface area contributed by atoms with Crippen LogP contribution >= 0.6 is 11.8 Å². The number of aliphatic hydroxyl groups is 2. The van der Waals surface area contributed by atoms with Crippen LogP contribution in [0.15, 0.2) is 0 Å². The molecule has 30 heavy (non-hydrogen) atoms. The Balaban J connectivity index is 5.43. The summed E-state index contributed by atoms with van der Waals surface area (Å²) in [6.07, 6.45) is -0.493. The van der Waals surface area contributed by atoms with E-state index in [0.29, 0.717) is 5.75 Å². The molecule has 0 bridgehead atoms. The molecule has 0 aromatic heterocycles. The topological polar surface area (TPSA) is 228 Å². The number of carboxylic acid groups (broad SMARTS) is 2. The first-order chi connectivity index (χ1) is 13.9. The van der Waals surface area contributed by atoms with Crippen LogP contribution in [0.3, 0.4) is 0 Å². The first-order valence-electron chi connectivity index (χ1n) is 8.83. The molecule has 0 saturated carbocycles. The molecule has 0 rings (SSSR count). The summed E-state index contributed by atoms with van der Waals surface area (Å²) < 4.78 is 0. The zero-order chi connectivity index (χ0) is 23.4. The number of carbonyl (C=O) groups excluding carboxylic acids is 3. The number of carboxylic acids is 2. The van der Waals surface area contributed by atoms with Crippen LogP contribution in [0.25, 0.3) is 0 Å². The van der Waals surface area contributed by atoms with Crippen molar-refractivity contribution in [2.45, 2.75) is 50.0 Å². The minimum Gasteiger partial charge on any atom is -0.481 e. The smallest absolute Gasteiger partial charge is 0.328 e. The lowest BCUT2D eigenvalue weighted by Gasteiger charge is -2.25. The summed E-state index contributed by atoms with van der Waals surface area (Å²) in [5.74, 6) is -5.44. The van der Waals surface area contributed by atoms with Gasteiger partial charge in [-0.25, -0.2) is 4.79 Å². The third-order valence-electron chi connectivity index (χ3n) is 3.84. The molecule has 5 unspecified atom stereocenters. The standard InChI is InChI=1S/C16H28N4O9S/c1-7(22)12(16(28)29)20-15(27)10(5-11(23)24)19-14(26)9(3-4-30-2)18-13(25)8(17)6-21/h7-10,12,21-22H,3-6,17H2,1-2H3,(H,18,25)(H,19,26)(H,20,27)(H,23,24)(H,28,29). The summed E-state index contributed by atoms with van der Waals surface area (Å²) in [6, 6.07) is -5.86. The summed E-state index contributed by atoms with van der Waals surface area (Å²) in [7, 11) is 0. The van der Waals surface area contributed by atoms with Crippen molar-refractivity contribution in [2.75, 3.05) is 18.6 Å². The lowest BCUT2D eigenvalue weighted by molar-refractivity contribution is -0.146. The molecule has 172 valence electrons. The summed E-state index contributed by atoms with van der Waals surface area (Å²) in [6.45, 7) is 0.449. The Morgan fingerprint density at radius 3 is 1.93 bits per heavy atom. The number of hydrogen-bond donors (Lipinski definition) is 8. The largest absolute Gasteiger partial charge is 0.481 e. The van der Waals surface area contributed by atoms with E-state index >= 15 is 0 Å². The van der Waals surface area contributed by atoms with Crippen molar-refractivity contribution >= 4 is 41.4 Å². The molecule has 3 amide bonds. The average molecular weight is 452 g/mol. The van der Waals surface area contributed by atoms with E-state index in [9.17, 15) is 29.1 Å². The number of aliphatic hydroxyl groups excluding tert-OH is 2. The zero-order valence-electron chi connectivity index (χ0n) is 16.5. The van der Waals surface area contributed by atoms with Gasteiger partial charge < -0.3 is 42.1 Å². The Kier molecular flexibility index (Phi) is 12.6. The molecule has 0 aliphatic heterocycles. The van der Waals surface area contributed by atoms with Gasteiger partial charge in [0.15, 0.2) is 6.04 Å². The average Bonchev–Trinajstić information content (AvgIpc) is 2.66. The van der Waals surface area contributed by atoms with E-state index in [1.54, 1.807) is 6.26 Å². The van der Waals surface area contributed by atoms with Gasteiger partial charge in [0.2, 0.25) is 17.7 Å². The van der Waals surface area contributed by atoms with Gasteiger partial charge in [-0.05, 0) is 25.4 Å². The van der Waals surface area contributed by atoms with Crippen LogP contribution < -0.4 is 21.7 Å². The molecular formula is C16H28N4O9S. The lowest BCUT2D eigenvalue weighted by atomic mass is 10.1. The number of nitrogens with two attached hydrogens (primary N) is 1. The van der Waals surface area contributed by atoms with Gasteiger partial charge in [0.05, 0.1) is 19.1 Å².